The molecule has 0 saturated carbocycles. The number of ether oxygens (including phenoxy) is 3. The Morgan fingerprint density at radius 1 is 1.36 bits per heavy atom. The maximum absolute atomic E-state index is 12.3. The van der Waals surface area contributed by atoms with E-state index in [0.717, 1.165) is 11.3 Å². The summed E-state index contributed by atoms with van der Waals surface area (Å²) in [6.07, 6.45) is 0. The molecule has 1 aromatic rings. The van der Waals surface area contributed by atoms with E-state index in [9.17, 15) is 4.79 Å². The van der Waals surface area contributed by atoms with Gasteiger partial charge in [0, 0.05) is 6.54 Å². The van der Waals surface area contributed by atoms with Crippen molar-refractivity contribution in [2.45, 2.75) is 32.9 Å². The van der Waals surface area contributed by atoms with Crippen LogP contribution in [0.3, 0.4) is 0 Å². The number of halogens is 1. The topological polar surface area (TPSA) is 68.8 Å². The molecule has 1 amide bonds. The molecule has 25 heavy (non-hydrogen) atoms. The Balaban J connectivity index is 0.00000312. The molecule has 142 valence electrons. The van der Waals surface area contributed by atoms with E-state index in [0.29, 0.717) is 38.0 Å². The minimum absolute atomic E-state index is 0. The van der Waals surface area contributed by atoms with Gasteiger partial charge in [-0.25, -0.2) is 0 Å². The van der Waals surface area contributed by atoms with E-state index in [-0.39, 0.29) is 30.4 Å². The van der Waals surface area contributed by atoms with Crippen LogP contribution >= 0.6 is 12.4 Å². The molecule has 1 aliphatic heterocycles. The van der Waals surface area contributed by atoms with Crippen molar-refractivity contribution in [3.63, 3.8) is 0 Å². The number of hydrogen-bond acceptors (Lipinski definition) is 5. The van der Waals surface area contributed by atoms with Crippen LogP contribution < -0.4 is 20.1 Å². The van der Waals surface area contributed by atoms with Crippen molar-refractivity contribution < 1.29 is 19.0 Å². The highest BCUT2D eigenvalue weighted by atomic mass is 35.5. The van der Waals surface area contributed by atoms with Crippen LogP contribution in [0, 0.1) is 5.92 Å². The fourth-order valence-electron chi connectivity index (χ4n) is 2.46. The quantitative estimate of drug-likeness (QED) is 0.768. The first-order valence-electron chi connectivity index (χ1n) is 8.43. The summed E-state index contributed by atoms with van der Waals surface area (Å²) in [6, 6.07) is 5.33. The normalized spacial score (nSPS) is 18.2. The van der Waals surface area contributed by atoms with E-state index in [1.54, 1.807) is 7.11 Å². The van der Waals surface area contributed by atoms with Crippen molar-refractivity contribution in [3.05, 3.63) is 23.8 Å². The van der Waals surface area contributed by atoms with Crippen LogP contribution in [0.15, 0.2) is 18.2 Å². The van der Waals surface area contributed by atoms with Crippen molar-refractivity contribution in [2.75, 3.05) is 33.5 Å². The lowest BCUT2D eigenvalue weighted by Gasteiger charge is -2.25. The SMILES string of the molecule is COc1cc(C(C)NC(=O)C2COCCN2)ccc1OCC(C)C.Cl. The van der Waals surface area contributed by atoms with Crippen LogP contribution in [-0.4, -0.2) is 45.4 Å². The van der Waals surface area contributed by atoms with Crippen LogP contribution in [0.5, 0.6) is 11.5 Å². The van der Waals surface area contributed by atoms with E-state index < -0.39 is 0 Å². The summed E-state index contributed by atoms with van der Waals surface area (Å²) >= 11 is 0. The first-order chi connectivity index (χ1) is 11.5. The second-order valence-electron chi connectivity index (χ2n) is 6.43. The smallest absolute Gasteiger partial charge is 0.240 e. The lowest BCUT2D eigenvalue weighted by atomic mass is 10.1. The van der Waals surface area contributed by atoms with Crippen LogP contribution in [0.25, 0.3) is 0 Å². The molecule has 7 heteroatoms. The Bertz CT molecular complexity index is 548. The van der Waals surface area contributed by atoms with Gasteiger partial charge in [-0.05, 0) is 30.5 Å². The molecular formula is C18H29ClN2O4. The van der Waals surface area contributed by atoms with Crippen LogP contribution in [0.1, 0.15) is 32.4 Å². The van der Waals surface area contributed by atoms with Crippen LogP contribution in [-0.2, 0) is 9.53 Å². The van der Waals surface area contributed by atoms with Gasteiger partial charge in [-0.2, -0.15) is 0 Å². The highest BCUT2D eigenvalue weighted by Gasteiger charge is 2.23. The zero-order chi connectivity index (χ0) is 17.5. The number of rotatable bonds is 7. The molecule has 1 aromatic carbocycles. The molecule has 2 N–H and O–H groups in total. The number of nitrogens with one attached hydrogen (secondary N) is 2. The summed E-state index contributed by atoms with van der Waals surface area (Å²) in [5, 5.41) is 6.16. The maximum Gasteiger partial charge on any atom is 0.240 e. The molecule has 0 spiro atoms. The molecule has 0 bridgehead atoms. The van der Waals surface area contributed by atoms with Crippen molar-refractivity contribution in [3.8, 4) is 11.5 Å². The summed E-state index contributed by atoms with van der Waals surface area (Å²) in [6.45, 7) is 8.53. The second kappa shape index (κ2) is 10.5. The molecule has 2 unspecified atom stereocenters. The number of amides is 1. The zero-order valence-corrected chi connectivity index (χ0v) is 16.2. The lowest BCUT2D eigenvalue weighted by Crippen LogP contribution is -2.51. The molecule has 0 radical (unpaired) electrons. The third kappa shape index (κ3) is 6.38. The van der Waals surface area contributed by atoms with E-state index in [2.05, 4.69) is 24.5 Å². The molecule has 2 rings (SSSR count). The predicted octanol–water partition coefficient (Wildman–Crippen LogP) is 2.32. The largest absolute Gasteiger partial charge is 0.493 e. The molecule has 1 saturated heterocycles. The van der Waals surface area contributed by atoms with Crippen molar-refractivity contribution in [1.82, 2.24) is 10.6 Å². The first kappa shape index (κ1) is 21.5. The minimum atomic E-state index is -0.295. The van der Waals surface area contributed by atoms with Gasteiger partial charge in [-0.3, -0.25) is 4.79 Å². The summed E-state index contributed by atoms with van der Waals surface area (Å²) in [7, 11) is 1.62. The number of carbonyl (C=O) groups excluding carboxylic acids is 1. The lowest BCUT2D eigenvalue weighted by molar-refractivity contribution is -0.126. The Labute approximate surface area is 156 Å². The van der Waals surface area contributed by atoms with Gasteiger partial charge in [0.25, 0.3) is 0 Å². The van der Waals surface area contributed by atoms with Crippen molar-refractivity contribution >= 4 is 18.3 Å². The number of morpholine rings is 1. The molecule has 0 aromatic heterocycles. The number of benzene rings is 1. The standard InChI is InChI=1S/C18H28N2O4.ClH/c1-12(2)10-24-16-6-5-14(9-17(16)22-4)13(3)20-18(21)15-11-23-8-7-19-15;/h5-6,9,12-13,15,19H,7-8,10-11H2,1-4H3,(H,20,21);1H. The average molecular weight is 373 g/mol. The van der Waals surface area contributed by atoms with E-state index in [1.807, 2.05) is 25.1 Å². The zero-order valence-electron chi connectivity index (χ0n) is 15.3. The van der Waals surface area contributed by atoms with Crippen LogP contribution in [0.4, 0.5) is 0 Å². The summed E-state index contributed by atoms with van der Waals surface area (Å²) in [4.78, 5) is 12.3. The van der Waals surface area contributed by atoms with Gasteiger partial charge in [0.15, 0.2) is 11.5 Å². The van der Waals surface area contributed by atoms with Gasteiger partial charge in [-0.1, -0.05) is 19.9 Å². The maximum atomic E-state index is 12.3. The van der Waals surface area contributed by atoms with Gasteiger partial charge >= 0.3 is 0 Å². The molecule has 0 aliphatic carbocycles. The Kier molecular flexibility index (Phi) is 9.03. The fraction of sp³-hybridized carbons (Fsp3) is 0.611. The average Bonchev–Trinajstić information content (AvgIpc) is 2.60. The summed E-state index contributed by atoms with van der Waals surface area (Å²) < 4.78 is 16.5. The monoisotopic (exact) mass is 372 g/mol. The first-order valence-corrected chi connectivity index (χ1v) is 8.43. The number of hydrogen-bond donors (Lipinski definition) is 2. The van der Waals surface area contributed by atoms with Gasteiger partial charge in [0.2, 0.25) is 5.91 Å². The molecule has 2 atom stereocenters. The second-order valence-corrected chi connectivity index (χ2v) is 6.43. The van der Waals surface area contributed by atoms with E-state index in [1.165, 1.54) is 0 Å². The fourth-order valence-corrected chi connectivity index (χ4v) is 2.46. The molecule has 1 fully saturated rings. The van der Waals surface area contributed by atoms with Gasteiger partial charge < -0.3 is 24.8 Å². The third-order valence-corrected chi connectivity index (χ3v) is 3.86. The number of methoxy groups -OCH3 is 1. The minimum Gasteiger partial charge on any atom is -0.493 e. The third-order valence-electron chi connectivity index (χ3n) is 3.86. The predicted molar refractivity (Wildman–Crippen MR) is 99.7 cm³/mol. The van der Waals surface area contributed by atoms with Gasteiger partial charge in [0.1, 0.15) is 6.04 Å². The summed E-state index contributed by atoms with van der Waals surface area (Å²) in [5.74, 6) is 1.78. The summed E-state index contributed by atoms with van der Waals surface area (Å²) in [5.41, 5.74) is 0.967. The highest BCUT2D eigenvalue weighted by Crippen LogP contribution is 2.30. The van der Waals surface area contributed by atoms with E-state index in [4.69, 9.17) is 14.2 Å². The van der Waals surface area contributed by atoms with Crippen LogP contribution in [0.2, 0.25) is 0 Å². The number of carbonyl (C=O) groups is 1. The molecular weight excluding hydrogens is 344 g/mol. The van der Waals surface area contributed by atoms with Crippen molar-refractivity contribution in [1.29, 1.82) is 0 Å². The Morgan fingerprint density at radius 2 is 2.12 bits per heavy atom. The molecule has 6 nitrogen and oxygen atoms in total. The van der Waals surface area contributed by atoms with Gasteiger partial charge in [0.05, 0.1) is 33.0 Å². The Morgan fingerprint density at radius 3 is 2.72 bits per heavy atom. The molecule has 1 heterocycles. The highest BCUT2D eigenvalue weighted by molar-refractivity contribution is 5.85. The van der Waals surface area contributed by atoms with E-state index >= 15 is 0 Å². The Hall–Kier alpha value is -1.50. The van der Waals surface area contributed by atoms with Gasteiger partial charge in [-0.15, -0.1) is 12.4 Å². The van der Waals surface area contributed by atoms with Crippen molar-refractivity contribution in [2.24, 2.45) is 5.92 Å². The molecule has 1 aliphatic rings.